The normalized spacial score (nSPS) is 12.2. The zero-order valence-electron chi connectivity index (χ0n) is 13.2. The predicted octanol–water partition coefficient (Wildman–Crippen LogP) is 1.92. The Morgan fingerprint density at radius 3 is 2.32 bits per heavy atom. The highest BCUT2D eigenvalue weighted by molar-refractivity contribution is 5.92. The Hall–Kier alpha value is -2.40. The number of hydrogen-bond acceptors (Lipinski definition) is 4. The van der Waals surface area contributed by atoms with Gasteiger partial charge in [0.2, 0.25) is 5.91 Å². The van der Waals surface area contributed by atoms with Crippen molar-refractivity contribution in [1.82, 2.24) is 9.88 Å². The van der Waals surface area contributed by atoms with Gasteiger partial charge in [0, 0.05) is 19.8 Å². The Kier molecular flexibility index (Phi) is 5.12. The molecule has 0 aliphatic rings. The summed E-state index contributed by atoms with van der Waals surface area (Å²) in [5.74, 6) is 0.343. The van der Waals surface area contributed by atoms with Gasteiger partial charge >= 0.3 is 0 Å². The van der Waals surface area contributed by atoms with Crippen LogP contribution in [0.3, 0.4) is 0 Å². The number of anilines is 1. The molecule has 1 amide bonds. The van der Waals surface area contributed by atoms with E-state index in [1.807, 2.05) is 45.4 Å². The fourth-order valence-corrected chi connectivity index (χ4v) is 2.37. The first-order valence-corrected chi connectivity index (χ1v) is 7.17. The topological polar surface area (TPSA) is 62.5 Å². The van der Waals surface area contributed by atoms with Crippen LogP contribution in [-0.4, -0.2) is 43.5 Å². The first-order valence-electron chi connectivity index (χ1n) is 7.17. The van der Waals surface area contributed by atoms with E-state index in [-0.39, 0.29) is 6.04 Å². The number of carbonyl (C=O) groups excluding carboxylic acids is 1. The van der Waals surface area contributed by atoms with Crippen LogP contribution in [0.25, 0.3) is 0 Å². The van der Waals surface area contributed by atoms with Crippen molar-refractivity contribution < 1.29 is 4.79 Å². The van der Waals surface area contributed by atoms with Crippen LogP contribution in [0.2, 0.25) is 0 Å². The summed E-state index contributed by atoms with van der Waals surface area (Å²) in [7, 11) is 6.11. The molecule has 1 atom stereocenters. The summed E-state index contributed by atoms with van der Waals surface area (Å²) in [5.41, 5.74) is 6.90. The van der Waals surface area contributed by atoms with E-state index >= 15 is 0 Å². The van der Waals surface area contributed by atoms with Gasteiger partial charge in [0.25, 0.3) is 0 Å². The van der Waals surface area contributed by atoms with Crippen molar-refractivity contribution in [2.45, 2.75) is 6.04 Å². The van der Waals surface area contributed by atoms with Crippen LogP contribution in [0.15, 0.2) is 48.7 Å². The molecular weight excluding hydrogens is 276 g/mol. The molecule has 2 rings (SSSR count). The second-order valence-corrected chi connectivity index (χ2v) is 5.57. The predicted molar refractivity (Wildman–Crippen MR) is 88.9 cm³/mol. The zero-order chi connectivity index (χ0) is 16.1. The highest BCUT2D eigenvalue weighted by atomic mass is 16.1. The van der Waals surface area contributed by atoms with E-state index in [1.54, 1.807) is 6.07 Å². The van der Waals surface area contributed by atoms with Crippen molar-refractivity contribution >= 4 is 11.7 Å². The Balaban J connectivity index is 2.28. The molecule has 5 nitrogen and oxygen atoms in total. The number of nitrogens with two attached hydrogens (primary N) is 1. The van der Waals surface area contributed by atoms with Crippen LogP contribution < -0.4 is 10.6 Å². The number of nitrogens with zero attached hydrogens (tertiary/aromatic N) is 3. The summed E-state index contributed by atoms with van der Waals surface area (Å²) in [6, 6.07) is 14.0. The number of amides is 1. The quantitative estimate of drug-likeness (QED) is 0.885. The molecule has 1 heterocycles. The van der Waals surface area contributed by atoms with Crippen molar-refractivity contribution in [3.05, 3.63) is 59.8 Å². The summed E-state index contributed by atoms with van der Waals surface area (Å²) in [4.78, 5) is 19.8. The van der Waals surface area contributed by atoms with Gasteiger partial charge in [0.15, 0.2) is 0 Å². The van der Waals surface area contributed by atoms with Crippen molar-refractivity contribution in [3.63, 3.8) is 0 Å². The monoisotopic (exact) mass is 298 g/mol. The molecule has 116 valence electrons. The maximum Gasteiger partial charge on any atom is 0.250 e. The van der Waals surface area contributed by atoms with Crippen LogP contribution in [0.1, 0.15) is 22.0 Å². The van der Waals surface area contributed by atoms with Gasteiger partial charge < -0.3 is 15.5 Å². The summed E-state index contributed by atoms with van der Waals surface area (Å²) in [6.45, 7) is 0.861. The van der Waals surface area contributed by atoms with Gasteiger partial charge in [-0.2, -0.15) is 0 Å². The molecule has 0 aliphatic carbocycles. The van der Waals surface area contributed by atoms with Gasteiger partial charge in [-0.1, -0.05) is 30.3 Å². The molecule has 1 aromatic carbocycles. The minimum absolute atomic E-state index is 0.170. The fourth-order valence-electron chi connectivity index (χ4n) is 2.37. The van der Waals surface area contributed by atoms with E-state index in [0.717, 1.165) is 12.4 Å². The van der Waals surface area contributed by atoms with E-state index in [4.69, 9.17) is 5.73 Å². The smallest absolute Gasteiger partial charge is 0.250 e. The number of pyridine rings is 1. The lowest BCUT2D eigenvalue weighted by atomic mass is 10.1. The van der Waals surface area contributed by atoms with Gasteiger partial charge in [-0.05, 0) is 31.8 Å². The molecular formula is C17H22N4O. The minimum atomic E-state index is -0.463. The molecule has 0 unspecified atom stereocenters. The van der Waals surface area contributed by atoms with Gasteiger partial charge in [-0.25, -0.2) is 4.98 Å². The van der Waals surface area contributed by atoms with Gasteiger partial charge in [-0.3, -0.25) is 4.79 Å². The van der Waals surface area contributed by atoms with Crippen LogP contribution in [0, 0.1) is 0 Å². The highest BCUT2D eigenvalue weighted by Gasteiger charge is 2.19. The van der Waals surface area contributed by atoms with Crippen LogP contribution in [0.4, 0.5) is 5.82 Å². The lowest BCUT2D eigenvalue weighted by molar-refractivity contribution is 0.1000. The lowest BCUT2D eigenvalue weighted by Crippen LogP contribution is -2.33. The second-order valence-electron chi connectivity index (χ2n) is 5.57. The maximum atomic E-state index is 11.1. The SMILES string of the molecule is CN(C)C[C@H](c1ccccc1)N(C)c1ccc(C(N)=O)cn1. The van der Waals surface area contributed by atoms with E-state index < -0.39 is 5.91 Å². The maximum absolute atomic E-state index is 11.1. The molecule has 0 spiro atoms. The molecule has 0 bridgehead atoms. The molecule has 22 heavy (non-hydrogen) atoms. The van der Waals surface area contributed by atoms with Crippen molar-refractivity contribution in [3.8, 4) is 0 Å². The zero-order valence-corrected chi connectivity index (χ0v) is 13.2. The Morgan fingerprint density at radius 1 is 1.14 bits per heavy atom. The van der Waals surface area contributed by atoms with Gasteiger partial charge in [0.1, 0.15) is 5.82 Å². The van der Waals surface area contributed by atoms with Crippen LogP contribution in [-0.2, 0) is 0 Å². The third kappa shape index (κ3) is 3.83. The van der Waals surface area contributed by atoms with Crippen molar-refractivity contribution in [2.24, 2.45) is 5.73 Å². The van der Waals surface area contributed by atoms with E-state index in [0.29, 0.717) is 5.56 Å². The first kappa shape index (κ1) is 16.0. The number of rotatable bonds is 6. The molecule has 2 aromatic rings. The summed E-state index contributed by atoms with van der Waals surface area (Å²) in [6.07, 6.45) is 1.52. The average molecular weight is 298 g/mol. The van der Waals surface area contributed by atoms with Crippen molar-refractivity contribution in [1.29, 1.82) is 0 Å². The molecule has 2 N–H and O–H groups in total. The van der Waals surface area contributed by atoms with Crippen LogP contribution in [0.5, 0.6) is 0 Å². The van der Waals surface area contributed by atoms with E-state index in [9.17, 15) is 4.79 Å². The second kappa shape index (κ2) is 7.04. The third-order valence-electron chi connectivity index (χ3n) is 3.58. The lowest BCUT2D eigenvalue weighted by Gasteiger charge is -2.31. The van der Waals surface area contributed by atoms with Gasteiger partial charge in [-0.15, -0.1) is 0 Å². The van der Waals surface area contributed by atoms with E-state index in [1.165, 1.54) is 11.8 Å². The summed E-state index contributed by atoms with van der Waals surface area (Å²) >= 11 is 0. The molecule has 1 aromatic heterocycles. The Labute approximate surface area is 131 Å². The molecule has 0 radical (unpaired) electrons. The molecule has 0 saturated heterocycles. The molecule has 5 heteroatoms. The number of benzene rings is 1. The molecule has 0 saturated carbocycles. The summed E-state index contributed by atoms with van der Waals surface area (Å²) < 4.78 is 0. The third-order valence-corrected chi connectivity index (χ3v) is 3.58. The molecule has 0 aliphatic heterocycles. The highest BCUT2D eigenvalue weighted by Crippen LogP contribution is 2.24. The van der Waals surface area contributed by atoms with Gasteiger partial charge in [0.05, 0.1) is 11.6 Å². The number of likely N-dealkylation sites (N-methyl/N-ethyl adjacent to an activating group) is 2. The Bertz CT molecular complexity index is 610. The number of aromatic nitrogens is 1. The Morgan fingerprint density at radius 2 is 1.82 bits per heavy atom. The van der Waals surface area contributed by atoms with Crippen molar-refractivity contribution in [2.75, 3.05) is 32.6 Å². The van der Waals surface area contributed by atoms with Crippen LogP contribution >= 0.6 is 0 Å². The standard InChI is InChI=1S/C17H22N4O/c1-20(2)12-15(13-7-5-4-6-8-13)21(3)16-10-9-14(11-19-16)17(18)22/h4-11,15H,12H2,1-3H3,(H2,18,22)/t15-/m1/s1. The number of hydrogen-bond donors (Lipinski definition) is 1. The fraction of sp³-hybridized carbons (Fsp3) is 0.294. The average Bonchev–Trinajstić information content (AvgIpc) is 2.52. The number of primary amides is 1. The summed E-state index contributed by atoms with van der Waals surface area (Å²) in [5, 5.41) is 0. The number of carbonyl (C=O) groups is 1. The van der Waals surface area contributed by atoms with E-state index in [2.05, 4.69) is 26.9 Å². The largest absolute Gasteiger partial charge is 0.366 e. The first-order chi connectivity index (χ1) is 10.5. The molecule has 0 fully saturated rings. The minimum Gasteiger partial charge on any atom is -0.366 e.